The average molecular weight is 271 g/mol. The standard InChI is InChI=1S/C15H17N3O2/c1-16-11-8-9-17-12(10-11)15(19)18(2)13-6-4-5-7-14(13)20-3/h4-10H,1-3H3,(H,16,17). The molecule has 0 aliphatic carbocycles. The van der Waals surface area contributed by atoms with E-state index in [1.807, 2.05) is 24.3 Å². The number of amides is 1. The number of nitrogens with one attached hydrogen (secondary N) is 1. The second-order valence-electron chi connectivity index (χ2n) is 4.22. The first-order valence-corrected chi connectivity index (χ1v) is 6.22. The fourth-order valence-corrected chi connectivity index (χ4v) is 1.89. The molecule has 0 aliphatic heterocycles. The average Bonchev–Trinajstić information content (AvgIpc) is 2.53. The SMILES string of the molecule is CNc1ccnc(C(=O)N(C)c2ccccc2OC)c1. The largest absolute Gasteiger partial charge is 0.495 e. The number of hydrogen-bond donors (Lipinski definition) is 1. The van der Waals surface area contributed by atoms with E-state index in [9.17, 15) is 4.79 Å². The number of carbonyl (C=O) groups excluding carboxylic acids is 1. The molecule has 1 N–H and O–H groups in total. The predicted molar refractivity (Wildman–Crippen MR) is 79.5 cm³/mol. The molecule has 0 saturated carbocycles. The third-order valence-corrected chi connectivity index (χ3v) is 3.02. The fourth-order valence-electron chi connectivity index (χ4n) is 1.89. The third kappa shape index (κ3) is 2.71. The summed E-state index contributed by atoms with van der Waals surface area (Å²) in [5.74, 6) is 0.458. The van der Waals surface area contributed by atoms with Crippen LogP contribution >= 0.6 is 0 Å². The van der Waals surface area contributed by atoms with E-state index in [4.69, 9.17) is 4.74 Å². The Bertz CT molecular complexity index is 614. The van der Waals surface area contributed by atoms with E-state index in [-0.39, 0.29) is 5.91 Å². The van der Waals surface area contributed by atoms with Gasteiger partial charge < -0.3 is 15.0 Å². The number of para-hydroxylation sites is 2. The van der Waals surface area contributed by atoms with Crippen LogP contribution < -0.4 is 15.0 Å². The van der Waals surface area contributed by atoms with E-state index >= 15 is 0 Å². The molecule has 0 aliphatic rings. The topological polar surface area (TPSA) is 54.5 Å². The number of methoxy groups -OCH3 is 1. The molecule has 2 rings (SSSR count). The number of ether oxygens (including phenoxy) is 1. The molecule has 0 fully saturated rings. The lowest BCUT2D eigenvalue weighted by Gasteiger charge is -2.19. The van der Waals surface area contributed by atoms with Gasteiger partial charge >= 0.3 is 0 Å². The van der Waals surface area contributed by atoms with E-state index in [0.29, 0.717) is 17.1 Å². The molecule has 5 nitrogen and oxygen atoms in total. The van der Waals surface area contributed by atoms with Crippen molar-refractivity contribution in [3.8, 4) is 5.75 Å². The van der Waals surface area contributed by atoms with Gasteiger partial charge in [0.25, 0.3) is 5.91 Å². The molecule has 20 heavy (non-hydrogen) atoms. The van der Waals surface area contributed by atoms with Gasteiger partial charge in [0.1, 0.15) is 11.4 Å². The molecule has 0 unspecified atom stereocenters. The molecule has 1 aromatic carbocycles. The normalized spacial score (nSPS) is 9.95. The van der Waals surface area contributed by atoms with Gasteiger partial charge in [-0.25, -0.2) is 0 Å². The summed E-state index contributed by atoms with van der Waals surface area (Å²) in [4.78, 5) is 18.1. The highest BCUT2D eigenvalue weighted by Crippen LogP contribution is 2.27. The number of hydrogen-bond acceptors (Lipinski definition) is 4. The summed E-state index contributed by atoms with van der Waals surface area (Å²) in [5.41, 5.74) is 1.93. The molecule has 2 aromatic rings. The van der Waals surface area contributed by atoms with Gasteiger partial charge in [-0.2, -0.15) is 0 Å². The Morgan fingerprint density at radius 3 is 2.75 bits per heavy atom. The van der Waals surface area contributed by atoms with Crippen molar-refractivity contribution in [2.75, 3.05) is 31.4 Å². The van der Waals surface area contributed by atoms with Crippen molar-refractivity contribution in [2.24, 2.45) is 0 Å². The first-order valence-electron chi connectivity index (χ1n) is 6.22. The molecule has 0 radical (unpaired) electrons. The van der Waals surface area contributed by atoms with Crippen molar-refractivity contribution in [2.45, 2.75) is 0 Å². The highest BCUT2D eigenvalue weighted by molar-refractivity contribution is 6.05. The molecule has 1 aromatic heterocycles. The van der Waals surface area contributed by atoms with E-state index in [2.05, 4.69) is 10.3 Å². The number of carbonyl (C=O) groups is 1. The predicted octanol–water partition coefficient (Wildman–Crippen LogP) is 2.41. The highest BCUT2D eigenvalue weighted by Gasteiger charge is 2.17. The minimum Gasteiger partial charge on any atom is -0.495 e. The van der Waals surface area contributed by atoms with Crippen LogP contribution in [0.3, 0.4) is 0 Å². The number of benzene rings is 1. The van der Waals surface area contributed by atoms with E-state index in [1.54, 1.807) is 39.5 Å². The molecule has 1 amide bonds. The van der Waals surface area contributed by atoms with Crippen molar-refractivity contribution in [3.05, 3.63) is 48.3 Å². The first kappa shape index (κ1) is 13.9. The quantitative estimate of drug-likeness (QED) is 0.927. The third-order valence-electron chi connectivity index (χ3n) is 3.02. The zero-order valence-electron chi connectivity index (χ0n) is 11.8. The second-order valence-corrected chi connectivity index (χ2v) is 4.22. The second kappa shape index (κ2) is 6.06. The van der Waals surface area contributed by atoms with Gasteiger partial charge in [-0.1, -0.05) is 12.1 Å². The van der Waals surface area contributed by atoms with E-state index < -0.39 is 0 Å². The molecule has 0 saturated heterocycles. The lowest BCUT2D eigenvalue weighted by molar-refractivity contribution is 0.0987. The number of anilines is 2. The maximum absolute atomic E-state index is 12.5. The van der Waals surface area contributed by atoms with Crippen LogP contribution in [0, 0.1) is 0 Å². The van der Waals surface area contributed by atoms with Gasteiger partial charge in [0.2, 0.25) is 0 Å². The monoisotopic (exact) mass is 271 g/mol. The summed E-state index contributed by atoms with van der Waals surface area (Å²) in [6, 6.07) is 10.9. The summed E-state index contributed by atoms with van der Waals surface area (Å²) >= 11 is 0. The van der Waals surface area contributed by atoms with E-state index in [0.717, 1.165) is 5.69 Å². The lowest BCUT2D eigenvalue weighted by Crippen LogP contribution is -2.27. The number of aromatic nitrogens is 1. The van der Waals surface area contributed by atoms with Gasteiger partial charge in [0.05, 0.1) is 12.8 Å². The van der Waals surface area contributed by atoms with Crippen LogP contribution in [0.1, 0.15) is 10.5 Å². The van der Waals surface area contributed by atoms with Crippen molar-refractivity contribution < 1.29 is 9.53 Å². The van der Waals surface area contributed by atoms with Crippen molar-refractivity contribution in [1.29, 1.82) is 0 Å². The molecular weight excluding hydrogens is 254 g/mol. The summed E-state index contributed by atoms with van der Waals surface area (Å²) in [7, 11) is 5.08. The minimum atomic E-state index is -0.188. The maximum atomic E-state index is 12.5. The number of rotatable bonds is 4. The van der Waals surface area contributed by atoms with Crippen LogP contribution in [-0.2, 0) is 0 Å². The molecule has 5 heteroatoms. The Morgan fingerprint density at radius 2 is 2.05 bits per heavy atom. The minimum absolute atomic E-state index is 0.188. The fraction of sp³-hybridized carbons (Fsp3) is 0.200. The summed E-state index contributed by atoms with van der Waals surface area (Å²) < 4.78 is 5.27. The van der Waals surface area contributed by atoms with Crippen LogP contribution in [0.5, 0.6) is 5.75 Å². The first-order chi connectivity index (χ1) is 9.67. The van der Waals surface area contributed by atoms with Crippen LogP contribution in [0.2, 0.25) is 0 Å². The molecule has 104 valence electrons. The Kier molecular flexibility index (Phi) is 4.20. The summed E-state index contributed by atoms with van der Waals surface area (Å²) in [5, 5.41) is 2.99. The van der Waals surface area contributed by atoms with E-state index in [1.165, 1.54) is 4.90 Å². The summed E-state index contributed by atoms with van der Waals surface area (Å²) in [6.45, 7) is 0. The van der Waals surface area contributed by atoms with Crippen LogP contribution in [0.4, 0.5) is 11.4 Å². The Labute approximate surface area is 118 Å². The zero-order valence-corrected chi connectivity index (χ0v) is 11.8. The van der Waals surface area contributed by atoms with Crippen molar-refractivity contribution in [1.82, 2.24) is 4.98 Å². The van der Waals surface area contributed by atoms with Gasteiger partial charge in [-0.05, 0) is 24.3 Å². The zero-order chi connectivity index (χ0) is 14.5. The van der Waals surface area contributed by atoms with Gasteiger partial charge in [-0.3, -0.25) is 9.78 Å². The highest BCUT2D eigenvalue weighted by atomic mass is 16.5. The lowest BCUT2D eigenvalue weighted by atomic mass is 10.2. The molecular formula is C15H17N3O2. The summed E-state index contributed by atoms with van der Waals surface area (Å²) in [6.07, 6.45) is 1.61. The van der Waals surface area contributed by atoms with Crippen molar-refractivity contribution in [3.63, 3.8) is 0 Å². The van der Waals surface area contributed by atoms with Crippen LogP contribution in [-0.4, -0.2) is 32.1 Å². The molecule has 0 spiro atoms. The number of nitrogens with zero attached hydrogens (tertiary/aromatic N) is 2. The molecule has 0 atom stereocenters. The van der Waals surface area contributed by atoms with Gasteiger partial charge in [0, 0.05) is 26.0 Å². The smallest absolute Gasteiger partial charge is 0.276 e. The molecule has 0 bridgehead atoms. The molecule has 1 heterocycles. The number of pyridine rings is 1. The van der Waals surface area contributed by atoms with Gasteiger partial charge in [0.15, 0.2) is 0 Å². The maximum Gasteiger partial charge on any atom is 0.276 e. The Morgan fingerprint density at radius 1 is 1.30 bits per heavy atom. The Hall–Kier alpha value is -2.56. The van der Waals surface area contributed by atoms with Crippen LogP contribution in [0.15, 0.2) is 42.6 Å². The Balaban J connectivity index is 2.32. The van der Waals surface area contributed by atoms with Crippen molar-refractivity contribution >= 4 is 17.3 Å². The van der Waals surface area contributed by atoms with Crippen LogP contribution in [0.25, 0.3) is 0 Å². The van der Waals surface area contributed by atoms with Gasteiger partial charge in [-0.15, -0.1) is 0 Å².